The average Bonchev–Trinajstić information content (AvgIpc) is 3.03. The van der Waals surface area contributed by atoms with Gasteiger partial charge in [0.15, 0.2) is 6.04 Å². The molecule has 0 unspecified atom stereocenters. The number of rotatable bonds is 6. The second-order valence-electron chi connectivity index (χ2n) is 4.74. The monoisotopic (exact) mass is 244 g/mol. The third-order valence-corrected chi connectivity index (χ3v) is 3.37. The second-order valence-corrected chi connectivity index (χ2v) is 4.74. The van der Waals surface area contributed by atoms with Crippen molar-refractivity contribution >= 4 is 12.0 Å². The number of urea groups is 1. The number of aliphatic hydroxyl groups is 1. The Morgan fingerprint density at radius 3 is 2.35 bits per heavy atom. The highest BCUT2D eigenvalue weighted by atomic mass is 16.4. The molecule has 1 fully saturated rings. The highest BCUT2D eigenvalue weighted by molar-refractivity contribution is 5.82. The van der Waals surface area contributed by atoms with E-state index in [1.54, 1.807) is 0 Å². The van der Waals surface area contributed by atoms with Gasteiger partial charge in [-0.3, -0.25) is 0 Å². The molecule has 4 N–H and O–H groups in total. The Labute approximate surface area is 100 Å². The van der Waals surface area contributed by atoms with Gasteiger partial charge in [0.05, 0.1) is 6.10 Å². The number of hydrogen-bond donors (Lipinski definition) is 4. The molecule has 0 heterocycles. The van der Waals surface area contributed by atoms with E-state index in [4.69, 9.17) is 5.11 Å². The van der Waals surface area contributed by atoms with Gasteiger partial charge in [0.2, 0.25) is 0 Å². The number of aliphatic hydroxyl groups excluding tert-OH is 1. The summed E-state index contributed by atoms with van der Waals surface area (Å²) < 4.78 is 0. The molecule has 0 spiro atoms. The first-order valence-corrected chi connectivity index (χ1v) is 5.85. The smallest absolute Gasteiger partial charge is 0.328 e. The number of carbonyl (C=O) groups excluding carboxylic acids is 1. The van der Waals surface area contributed by atoms with Crippen LogP contribution in [-0.2, 0) is 4.79 Å². The van der Waals surface area contributed by atoms with E-state index in [1.807, 2.05) is 0 Å². The van der Waals surface area contributed by atoms with Crippen molar-refractivity contribution in [3.8, 4) is 0 Å². The summed E-state index contributed by atoms with van der Waals surface area (Å²) in [6.07, 6.45) is 2.08. The zero-order valence-corrected chi connectivity index (χ0v) is 10.2. The van der Waals surface area contributed by atoms with Crippen LogP contribution in [0.1, 0.15) is 33.1 Å². The molecule has 1 aliphatic carbocycles. The quantitative estimate of drug-likeness (QED) is 0.540. The van der Waals surface area contributed by atoms with Crippen LogP contribution in [0.3, 0.4) is 0 Å². The standard InChI is InChI=1S/C11H20N2O4/c1-3-11(4-5-11)6-12-10(17)13-8(7(2)14)9(15)16/h7-8,14H,3-6H2,1-2H3,(H,15,16)(H2,12,13,17)/t7-,8+/m1/s1. The topological polar surface area (TPSA) is 98.7 Å². The van der Waals surface area contributed by atoms with Crippen LogP contribution in [0.25, 0.3) is 0 Å². The number of carbonyl (C=O) groups is 2. The molecule has 1 rings (SSSR count). The van der Waals surface area contributed by atoms with Gasteiger partial charge in [-0.25, -0.2) is 9.59 Å². The van der Waals surface area contributed by atoms with Crippen LogP contribution in [0.5, 0.6) is 0 Å². The molecule has 0 aliphatic heterocycles. The lowest BCUT2D eigenvalue weighted by molar-refractivity contribution is -0.141. The zero-order valence-electron chi connectivity index (χ0n) is 10.2. The number of hydrogen-bond acceptors (Lipinski definition) is 3. The van der Waals surface area contributed by atoms with Crippen LogP contribution in [0.4, 0.5) is 4.79 Å². The minimum Gasteiger partial charge on any atom is -0.480 e. The minimum atomic E-state index is -1.27. The maximum Gasteiger partial charge on any atom is 0.328 e. The van der Waals surface area contributed by atoms with Gasteiger partial charge >= 0.3 is 12.0 Å². The zero-order chi connectivity index (χ0) is 13.1. The van der Waals surface area contributed by atoms with Gasteiger partial charge in [-0.1, -0.05) is 6.92 Å². The molecule has 2 atom stereocenters. The van der Waals surface area contributed by atoms with Gasteiger partial charge < -0.3 is 20.8 Å². The Morgan fingerprint density at radius 1 is 1.41 bits per heavy atom. The van der Waals surface area contributed by atoms with E-state index in [0.29, 0.717) is 6.54 Å². The molecule has 0 aromatic carbocycles. The average molecular weight is 244 g/mol. The summed E-state index contributed by atoms with van der Waals surface area (Å²) >= 11 is 0. The molecule has 0 aromatic rings. The van der Waals surface area contributed by atoms with E-state index in [9.17, 15) is 14.7 Å². The highest BCUT2D eigenvalue weighted by Gasteiger charge is 2.40. The fraction of sp³-hybridized carbons (Fsp3) is 0.818. The minimum absolute atomic E-state index is 0.209. The number of nitrogens with one attached hydrogen (secondary N) is 2. The van der Waals surface area contributed by atoms with Crippen molar-refractivity contribution in [3.05, 3.63) is 0 Å². The Morgan fingerprint density at radius 2 is 2.00 bits per heavy atom. The molecular weight excluding hydrogens is 224 g/mol. The van der Waals surface area contributed by atoms with Crippen LogP contribution >= 0.6 is 0 Å². The van der Waals surface area contributed by atoms with Gasteiger partial charge in [-0.15, -0.1) is 0 Å². The Hall–Kier alpha value is -1.30. The largest absolute Gasteiger partial charge is 0.480 e. The van der Waals surface area contributed by atoms with Gasteiger partial charge in [-0.2, -0.15) is 0 Å². The first-order valence-electron chi connectivity index (χ1n) is 5.85. The fourth-order valence-electron chi connectivity index (χ4n) is 1.68. The first-order chi connectivity index (χ1) is 7.90. The summed E-state index contributed by atoms with van der Waals surface area (Å²) in [6.45, 7) is 3.96. The Bertz CT molecular complexity index is 300. The number of carboxylic acids is 1. The Kier molecular flexibility index (Phi) is 4.34. The molecular formula is C11H20N2O4. The lowest BCUT2D eigenvalue weighted by Gasteiger charge is -2.19. The molecule has 6 nitrogen and oxygen atoms in total. The highest BCUT2D eigenvalue weighted by Crippen LogP contribution is 2.47. The van der Waals surface area contributed by atoms with Gasteiger partial charge in [0.1, 0.15) is 0 Å². The van der Waals surface area contributed by atoms with Crippen LogP contribution < -0.4 is 10.6 Å². The molecule has 2 amide bonds. The molecule has 1 aliphatic rings. The third-order valence-electron chi connectivity index (χ3n) is 3.37. The van der Waals surface area contributed by atoms with Gasteiger partial charge in [0, 0.05) is 6.54 Å². The third kappa shape index (κ3) is 3.89. The maximum atomic E-state index is 11.5. The molecule has 1 saturated carbocycles. The van der Waals surface area contributed by atoms with E-state index >= 15 is 0 Å². The number of aliphatic carboxylic acids is 1. The summed E-state index contributed by atoms with van der Waals surface area (Å²) in [4.78, 5) is 22.2. The summed E-state index contributed by atoms with van der Waals surface area (Å²) in [6, 6.07) is -1.81. The van der Waals surface area contributed by atoms with E-state index in [2.05, 4.69) is 17.6 Å². The van der Waals surface area contributed by atoms with Crippen molar-refractivity contribution in [2.24, 2.45) is 5.41 Å². The van der Waals surface area contributed by atoms with Crippen LogP contribution in [-0.4, -0.2) is 40.9 Å². The van der Waals surface area contributed by atoms with Gasteiger partial charge in [-0.05, 0) is 31.6 Å². The predicted octanol–water partition coefficient (Wildman–Crippen LogP) is 0.310. The lowest BCUT2D eigenvalue weighted by atomic mass is 10.0. The van der Waals surface area contributed by atoms with E-state index in [1.165, 1.54) is 6.92 Å². The van der Waals surface area contributed by atoms with Crippen molar-refractivity contribution in [1.82, 2.24) is 10.6 Å². The SMILES string of the molecule is CCC1(CNC(=O)N[C@H](C(=O)O)[C@@H](C)O)CC1. The molecule has 98 valence electrons. The molecule has 0 aromatic heterocycles. The van der Waals surface area contributed by atoms with Crippen LogP contribution in [0, 0.1) is 5.41 Å². The summed E-state index contributed by atoms with van der Waals surface area (Å²) in [5.74, 6) is -1.24. The van der Waals surface area contributed by atoms with E-state index in [-0.39, 0.29) is 5.41 Å². The normalized spacial score (nSPS) is 20.2. The van der Waals surface area contributed by atoms with Crippen molar-refractivity contribution in [2.45, 2.75) is 45.3 Å². The molecule has 0 bridgehead atoms. The molecule has 0 saturated heterocycles. The summed E-state index contributed by atoms with van der Waals surface area (Å²) in [5, 5.41) is 22.9. The van der Waals surface area contributed by atoms with Crippen molar-refractivity contribution in [2.75, 3.05) is 6.54 Å². The predicted molar refractivity (Wildman–Crippen MR) is 61.6 cm³/mol. The summed E-state index contributed by atoms with van der Waals surface area (Å²) in [5.41, 5.74) is 0.209. The van der Waals surface area contributed by atoms with Crippen LogP contribution in [0.15, 0.2) is 0 Å². The number of amides is 2. The maximum absolute atomic E-state index is 11.5. The molecule has 6 heteroatoms. The van der Waals surface area contributed by atoms with Crippen LogP contribution in [0.2, 0.25) is 0 Å². The fourth-order valence-corrected chi connectivity index (χ4v) is 1.68. The van der Waals surface area contributed by atoms with E-state index in [0.717, 1.165) is 19.3 Å². The second kappa shape index (κ2) is 5.35. The van der Waals surface area contributed by atoms with Gasteiger partial charge in [0.25, 0.3) is 0 Å². The van der Waals surface area contributed by atoms with Crippen molar-refractivity contribution in [1.29, 1.82) is 0 Å². The molecule has 17 heavy (non-hydrogen) atoms. The Balaban J connectivity index is 2.35. The number of carboxylic acid groups (broad SMARTS) is 1. The summed E-state index contributed by atoms with van der Waals surface area (Å²) in [7, 11) is 0. The lowest BCUT2D eigenvalue weighted by Crippen LogP contribution is -2.51. The van der Waals surface area contributed by atoms with Crippen molar-refractivity contribution < 1.29 is 19.8 Å². The van der Waals surface area contributed by atoms with E-state index < -0.39 is 24.1 Å². The first kappa shape index (κ1) is 13.8. The van der Waals surface area contributed by atoms with Crippen molar-refractivity contribution in [3.63, 3.8) is 0 Å². The molecule has 0 radical (unpaired) electrons.